The molecule has 1 N–H and O–H groups in total. The van der Waals surface area contributed by atoms with E-state index in [9.17, 15) is 8.78 Å². The predicted molar refractivity (Wildman–Crippen MR) is 68.8 cm³/mol. The molecule has 1 atom stereocenters. The molecule has 0 fully saturated rings. The van der Waals surface area contributed by atoms with Crippen molar-refractivity contribution in [3.05, 3.63) is 29.8 Å². The molecule has 1 aromatic rings. The highest BCUT2D eigenvalue weighted by Gasteiger charge is 2.09. The first kappa shape index (κ1) is 14.9. The van der Waals surface area contributed by atoms with Crippen LogP contribution in [0.25, 0.3) is 0 Å². The fraction of sp³-hybridized carbons (Fsp3) is 0.571. The molecular formula is C14H21F2NO. The van der Waals surface area contributed by atoms with Gasteiger partial charge in [0.2, 0.25) is 0 Å². The summed E-state index contributed by atoms with van der Waals surface area (Å²) in [5, 5.41) is 3.36. The van der Waals surface area contributed by atoms with Crippen molar-refractivity contribution in [3.63, 3.8) is 0 Å². The van der Waals surface area contributed by atoms with Crippen LogP contribution in [0.5, 0.6) is 5.75 Å². The third-order valence-electron chi connectivity index (χ3n) is 2.85. The number of hydrogen-bond donors (Lipinski definition) is 1. The maximum Gasteiger partial charge on any atom is 0.129 e. The van der Waals surface area contributed by atoms with Crippen molar-refractivity contribution in [2.75, 3.05) is 6.54 Å². The van der Waals surface area contributed by atoms with Crippen LogP contribution in [0.2, 0.25) is 0 Å². The van der Waals surface area contributed by atoms with Crippen LogP contribution in [0.4, 0.5) is 8.78 Å². The van der Waals surface area contributed by atoms with E-state index in [-0.39, 0.29) is 11.9 Å². The Balaban J connectivity index is 2.46. The van der Waals surface area contributed by atoms with Crippen molar-refractivity contribution in [1.82, 2.24) is 5.32 Å². The molecule has 0 aliphatic heterocycles. The highest BCUT2D eigenvalue weighted by atomic mass is 19.1. The van der Waals surface area contributed by atoms with Crippen LogP contribution in [-0.4, -0.2) is 18.7 Å². The van der Waals surface area contributed by atoms with Crippen molar-refractivity contribution in [3.8, 4) is 5.75 Å². The first-order chi connectivity index (χ1) is 8.55. The van der Waals surface area contributed by atoms with Gasteiger partial charge in [0.05, 0.1) is 0 Å². The minimum absolute atomic E-state index is 0.133. The molecule has 102 valence electrons. The third kappa shape index (κ3) is 5.00. The number of halogens is 2. The molecule has 0 aliphatic carbocycles. The summed E-state index contributed by atoms with van der Waals surface area (Å²) in [5.74, 6) is -1.01. The Morgan fingerprint density at radius 1 is 1.11 bits per heavy atom. The second-order valence-corrected chi connectivity index (χ2v) is 4.46. The molecule has 0 saturated carbocycles. The van der Waals surface area contributed by atoms with Crippen molar-refractivity contribution in [2.45, 2.75) is 45.8 Å². The lowest BCUT2D eigenvalue weighted by atomic mass is 10.1. The smallest absolute Gasteiger partial charge is 0.129 e. The first-order valence-corrected chi connectivity index (χ1v) is 6.41. The fourth-order valence-corrected chi connectivity index (χ4v) is 1.78. The number of nitrogens with one attached hydrogen (secondary N) is 1. The van der Waals surface area contributed by atoms with Gasteiger partial charge in [-0.1, -0.05) is 13.8 Å². The average molecular weight is 257 g/mol. The zero-order valence-electron chi connectivity index (χ0n) is 11.2. The molecule has 0 amide bonds. The Morgan fingerprint density at radius 2 is 1.67 bits per heavy atom. The third-order valence-corrected chi connectivity index (χ3v) is 2.85. The van der Waals surface area contributed by atoms with Crippen LogP contribution < -0.4 is 10.1 Å². The number of hydrogen-bond acceptors (Lipinski definition) is 2. The van der Waals surface area contributed by atoms with Crippen molar-refractivity contribution >= 4 is 0 Å². The van der Waals surface area contributed by atoms with Gasteiger partial charge < -0.3 is 10.1 Å². The van der Waals surface area contributed by atoms with Gasteiger partial charge in [0, 0.05) is 30.8 Å². The summed E-state index contributed by atoms with van der Waals surface area (Å²) in [6.07, 6.45) is 1.97. The monoisotopic (exact) mass is 257 g/mol. The molecule has 0 saturated heterocycles. The standard InChI is InChI=1S/C14H21F2NO/c1-4-13(5-2)17-9-10(3)18-14-7-11(15)6-12(16)8-14/h6-8,10,13,17H,4-5,9H2,1-3H3. The lowest BCUT2D eigenvalue weighted by Crippen LogP contribution is -2.36. The minimum atomic E-state index is -0.620. The largest absolute Gasteiger partial charge is 0.489 e. The van der Waals surface area contributed by atoms with Gasteiger partial charge in [0.15, 0.2) is 0 Å². The van der Waals surface area contributed by atoms with Crippen LogP contribution in [-0.2, 0) is 0 Å². The zero-order chi connectivity index (χ0) is 13.5. The van der Waals surface area contributed by atoms with Crippen molar-refractivity contribution in [2.24, 2.45) is 0 Å². The highest BCUT2D eigenvalue weighted by molar-refractivity contribution is 5.24. The van der Waals surface area contributed by atoms with Gasteiger partial charge in [-0.05, 0) is 19.8 Å². The molecule has 0 spiro atoms. The molecule has 0 aromatic heterocycles. The summed E-state index contributed by atoms with van der Waals surface area (Å²) < 4.78 is 31.4. The van der Waals surface area contributed by atoms with Crippen LogP contribution in [0.3, 0.4) is 0 Å². The van der Waals surface area contributed by atoms with Crippen LogP contribution in [0.1, 0.15) is 33.6 Å². The van der Waals surface area contributed by atoms with Gasteiger partial charge in [-0.25, -0.2) is 8.78 Å². The summed E-state index contributed by atoms with van der Waals surface area (Å²) in [5.41, 5.74) is 0. The molecule has 1 rings (SSSR count). The Labute approximate surface area is 107 Å². The Hall–Kier alpha value is -1.16. The van der Waals surface area contributed by atoms with Crippen molar-refractivity contribution in [1.29, 1.82) is 0 Å². The van der Waals surface area contributed by atoms with Gasteiger partial charge >= 0.3 is 0 Å². The highest BCUT2D eigenvalue weighted by Crippen LogP contribution is 2.16. The summed E-state index contributed by atoms with van der Waals surface area (Å²) >= 11 is 0. The van der Waals surface area contributed by atoms with Crippen molar-refractivity contribution < 1.29 is 13.5 Å². The average Bonchev–Trinajstić information content (AvgIpc) is 2.28. The van der Waals surface area contributed by atoms with E-state index in [4.69, 9.17) is 4.74 Å². The van der Waals surface area contributed by atoms with Crippen LogP contribution >= 0.6 is 0 Å². The first-order valence-electron chi connectivity index (χ1n) is 6.41. The van der Waals surface area contributed by atoms with E-state index in [2.05, 4.69) is 19.2 Å². The predicted octanol–water partition coefficient (Wildman–Crippen LogP) is 3.51. The van der Waals surface area contributed by atoms with Gasteiger partial charge in [-0.3, -0.25) is 0 Å². The summed E-state index contributed by atoms with van der Waals surface area (Å²) in [6.45, 7) is 6.77. The normalized spacial score (nSPS) is 12.8. The number of ether oxygens (including phenoxy) is 1. The van der Waals surface area contributed by atoms with E-state index in [0.29, 0.717) is 12.6 Å². The Morgan fingerprint density at radius 3 is 2.17 bits per heavy atom. The molecule has 0 aliphatic rings. The second kappa shape index (κ2) is 7.31. The van der Waals surface area contributed by atoms with Gasteiger partial charge in [-0.15, -0.1) is 0 Å². The molecule has 1 aromatic carbocycles. The second-order valence-electron chi connectivity index (χ2n) is 4.46. The Kier molecular flexibility index (Phi) is 6.05. The van der Waals surface area contributed by atoms with E-state index >= 15 is 0 Å². The molecule has 18 heavy (non-hydrogen) atoms. The van der Waals surface area contributed by atoms with E-state index in [1.165, 1.54) is 12.1 Å². The van der Waals surface area contributed by atoms with E-state index in [0.717, 1.165) is 18.9 Å². The molecular weight excluding hydrogens is 236 g/mol. The summed E-state index contributed by atoms with van der Waals surface area (Å²) in [6, 6.07) is 3.67. The minimum Gasteiger partial charge on any atom is -0.489 e. The molecule has 0 bridgehead atoms. The molecule has 2 nitrogen and oxygen atoms in total. The molecule has 4 heteroatoms. The fourth-order valence-electron chi connectivity index (χ4n) is 1.78. The molecule has 0 radical (unpaired) electrons. The quantitative estimate of drug-likeness (QED) is 0.807. The van der Waals surface area contributed by atoms with E-state index in [1.807, 2.05) is 6.92 Å². The molecule has 0 heterocycles. The SMILES string of the molecule is CCC(CC)NCC(C)Oc1cc(F)cc(F)c1. The maximum absolute atomic E-state index is 13.0. The molecule has 1 unspecified atom stereocenters. The lowest BCUT2D eigenvalue weighted by molar-refractivity contribution is 0.208. The lowest BCUT2D eigenvalue weighted by Gasteiger charge is -2.20. The Bertz CT molecular complexity index is 347. The topological polar surface area (TPSA) is 21.3 Å². The number of rotatable bonds is 7. The van der Waals surface area contributed by atoms with E-state index in [1.54, 1.807) is 0 Å². The summed E-state index contributed by atoms with van der Waals surface area (Å²) in [4.78, 5) is 0. The van der Waals surface area contributed by atoms with Gasteiger partial charge in [0.1, 0.15) is 23.5 Å². The van der Waals surface area contributed by atoms with Crippen LogP contribution in [0, 0.1) is 11.6 Å². The zero-order valence-corrected chi connectivity index (χ0v) is 11.2. The summed E-state index contributed by atoms with van der Waals surface area (Å²) in [7, 11) is 0. The van der Waals surface area contributed by atoms with E-state index < -0.39 is 11.6 Å². The maximum atomic E-state index is 13.0. The number of benzene rings is 1. The van der Waals surface area contributed by atoms with Gasteiger partial charge in [0.25, 0.3) is 0 Å². The van der Waals surface area contributed by atoms with Gasteiger partial charge in [-0.2, -0.15) is 0 Å². The van der Waals surface area contributed by atoms with Crippen LogP contribution in [0.15, 0.2) is 18.2 Å².